The van der Waals surface area contributed by atoms with Crippen LogP contribution >= 0.6 is 0 Å². The number of hydrogen-bond donors (Lipinski definition) is 1. The summed E-state index contributed by atoms with van der Waals surface area (Å²) < 4.78 is 1.46. The van der Waals surface area contributed by atoms with Gasteiger partial charge in [0, 0.05) is 12.4 Å². The summed E-state index contributed by atoms with van der Waals surface area (Å²) in [4.78, 5) is 32.3. The Kier molecular flexibility index (Phi) is 3.19. The van der Waals surface area contributed by atoms with E-state index < -0.39 is 11.5 Å². The van der Waals surface area contributed by atoms with Crippen molar-refractivity contribution in [1.29, 1.82) is 0 Å². The van der Waals surface area contributed by atoms with Gasteiger partial charge in [0.1, 0.15) is 5.56 Å². The highest BCUT2D eigenvalue weighted by molar-refractivity contribution is 5.95. The Hall–Kier alpha value is -3.02. The van der Waals surface area contributed by atoms with Crippen LogP contribution in [-0.2, 0) is 6.54 Å². The zero-order valence-electron chi connectivity index (χ0n) is 11.1. The van der Waals surface area contributed by atoms with Crippen molar-refractivity contribution in [2.45, 2.75) is 6.54 Å². The van der Waals surface area contributed by atoms with Gasteiger partial charge >= 0.3 is 0 Å². The van der Waals surface area contributed by atoms with Gasteiger partial charge in [0.15, 0.2) is 0 Å². The highest BCUT2D eigenvalue weighted by Gasteiger charge is 2.14. The predicted octanol–water partition coefficient (Wildman–Crippen LogP) is 0.939. The van der Waals surface area contributed by atoms with Crippen LogP contribution < -0.4 is 11.3 Å². The van der Waals surface area contributed by atoms with Crippen LogP contribution in [0.1, 0.15) is 16.1 Å². The first-order chi connectivity index (χ1) is 10.2. The Morgan fingerprint density at radius 2 is 1.95 bits per heavy atom. The number of fused-ring (bicyclic) bond motifs is 1. The molecule has 3 rings (SSSR count). The van der Waals surface area contributed by atoms with Gasteiger partial charge in [0.05, 0.1) is 23.3 Å². The Labute approximate surface area is 119 Å². The summed E-state index contributed by atoms with van der Waals surface area (Å²) in [5, 5.41) is 0. The number of nitrogens with two attached hydrogens (primary N) is 1. The summed E-state index contributed by atoms with van der Waals surface area (Å²) in [6.07, 6.45) is 3.25. The molecule has 0 atom stereocenters. The van der Waals surface area contributed by atoms with Crippen molar-refractivity contribution in [3.63, 3.8) is 0 Å². The molecule has 0 spiro atoms. The lowest BCUT2D eigenvalue weighted by molar-refractivity contribution is 0.0998. The number of hydrogen-bond acceptors (Lipinski definition) is 4. The molecule has 3 heterocycles. The molecule has 3 aromatic heterocycles. The fourth-order valence-corrected chi connectivity index (χ4v) is 2.19. The third kappa shape index (κ3) is 2.38. The molecule has 0 saturated heterocycles. The summed E-state index contributed by atoms with van der Waals surface area (Å²) in [5.74, 6) is -0.762. The van der Waals surface area contributed by atoms with E-state index in [0.717, 1.165) is 0 Å². The third-order valence-electron chi connectivity index (χ3n) is 3.18. The summed E-state index contributed by atoms with van der Waals surface area (Å²) in [7, 11) is 0. The van der Waals surface area contributed by atoms with Crippen molar-refractivity contribution in [3.05, 3.63) is 70.4 Å². The van der Waals surface area contributed by atoms with E-state index >= 15 is 0 Å². The largest absolute Gasteiger partial charge is 0.365 e. The van der Waals surface area contributed by atoms with Crippen LogP contribution in [0, 0.1) is 0 Å². The number of aromatic nitrogens is 3. The van der Waals surface area contributed by atoms with E-state index in [4.69, 9.17) is 5.73 Å². The fraction of sp³-hybridized carbons (Fsp3) is 0.0667. The van der Waals surface area contributed by atoms with E-state index in [1.54, 1.807) is 30.6 Å². The number of nitrogens with zero attached hydrogens (tertiary/aromatic N) is 3. The number of carbonyl (C=O) groups is 1. The molecule has 0 aliphatic carbocycles. The second kappa shape index (κ2) is 5.16. The molecule has 0 saturated carbocycles. The summed E-state index contributed by atoms with van der Waals surface area (Å²) in [6, 6.07) is 10.4. The molecule has 0 radical (unpaired) electrons. The molecule has 0 aliphatic rings. The van der Waals surface area contributed by atoms with Gasteiger partial charge in [-0.3, -0.25) is 19.6 Å². The molecular weight excluding hydrogens is 268 g/mol. The number of rotatable bonds is 3. The third-order valence-corrected chi connectivity index (χ3v) is 3.18. The van der Waals surface area contributed by atoms with Crippen LogP contribution in [0.25, 0.3) is 11.0 Å². The van der Waals surface area contributed by atoms with Crippen molar-refractivity contribution >= 4 is 16.9 Å². The van der Waals surface area contributed by atoms with Crippen LogP contribution in [0.15, 0.2) is 53.6 Å². The van der Waals surface area contributed by atoms with Gasteiger partial charge in [0.2, 0.25) is 0 Å². The Morgan fingerprint density at radius 1 is 1.14 bits per heavy atom. The maximum atomic E-state index is 12.4. The normalized spacial score (nSPS) is 10.7. The van der Waals surface area contributed by atoms with E-state index in [-0.39, 0.29) is 12.1 Å². The highest BCUT2D eigenvalue weighted by atomic mass is 16.2. The number of carbonyl (C=O) groups excluding carboxylic acids is 1. The van der Waals surface area contributed by atoms with Crippen LogP contribution in [0.4, 0.5) is 0 Å². The molecule has 0 unspecified atom stereocenters. The van der Waals surface area contributed by atoms with E-state index in [1.807, 2.05) is 12.1 Å². The van der Waals surface area contributed by atoms with E-state index in [1.165, 1.54) is 10.6 Å². The number of pyridine rings is 3. The maximum Gasteiger partial charge on any atom is 0.264 e. The van der Waals surface area contributed by atoms with Gasteiger partial charge in [-0.25, -0.2) is 0 Å². The molecule has 0 aromatic carbocycles. The van der Waals surface area contributed by atoms with Crippen LogP contribution in [-0.4, -0.2) is 20.4 Å². The molecule has 3 aromatic rings. The quantitative estimate of drug-likeness (QED) is 0.773. The van der Waals surface area contributed by atoms with Gasteiger partial charge in [0.25, 0.3) is 11.5 Å². The van der Waals surface area contributed by atoms with Gasteiger partial charge in [-0.05, 0) is 30.3 Å². The fourth-order valence-electron chi connectivity index (χ4n) is 2.19. The molecule has 21 heavy (non-hydrogen) atoms. The van der Waals surface area contributed by atoms with Gasteiger partial charge in [-0.1, -0.05) is 6.07 Å². The second-order valence-electron chi connectivity index (χ2n) is 4.54. The highest BCUT2D eigenvalue weighted by Crippen LogP contribution is 2.12. The molecular formula is C15H12N4O2. The molecule has 0 aliphatic heterocycles. The zero-order chi connectivity index (χ0) is 14.8. The first-order valence-electron chi connectivity index (χ1n) is 6.35. The van der Waals surface area contributed by atoms with Crippen molar-refractivity contribution in [2.75, 3.05) is 0 Å². The molecule has 6 nitrogen and oxygen atoms in total. The Morgan fingerprint density at radius 3 is 2.67 bits per heavy atom. The minimum Gasteiger partial charge on any atom is -0.365 e. The Balaban J connectivity index is 2.26. The van der Waals surface area contributed by atoms with Crippen molar-refractivity contribution in [2.24, 2.45) is 5.73 Å². The van der Waals surface area contributed by atoms with E-state index in [2.05, 4.69) is 9.97 Å². The van der Waals surface area contributed by atoms with Crippen molar-refractivity contribution in [1.82, 2.24) is 14.5 Å². The summed E-state index contributed by atoms with van der Waals surface area (Å²) in [6.45, 7) is 0.253. The number of amides is 1. The topological polar surface area (TPSA) is 90.9 Å². The lowest BCUT2D eigenvalue weighted by Crippen LogP contribution is -2.30. The standard InChI is InChI=1S/C15H12N4O2/c16-14(20)11-8-12-13(5-3-7-18-12)19(15(11)21)9-10-4-1-2-6-17-10/h1-8H,9H2,(H2,16,20). The molecule has 6 heteroatoms. The zero-order valence-corrected chi connectivity index (χ0v) is 11.1. The van der Waals surface area contributed by atoms with E-state index in [0.29, 0.717) is 16.7 Å². The summed E-state index contributed by atoms with van der Waals surface area (Å²) in [5.41, 5.74) is 6.66. The Bertz CT molecular complexity index is 872. The first-order valence-corrected chi connectivity index (χ1v) is 6.35. The molecule has 2 N–H and O–H groups in total. The molecule has 1 amide bonds. The molecule has 0 fully saturated rings. The van der Waals surface area contributed by atoms with Gasteiger partial charge in [-0.15, -0.1) is 0 Å². The minimum atomic E-state index is -0.762. The smallest absolute Gasteiger partial charge is 0.264 e. The lowest BCUT2D eigenvalue weighted by Gasteiger charge is -2.10. The molecule has 104 valence electrons. The summed E-state index contributed by atoms with van der Waals surface area (Å²) >= 11 is 0. The van der Waals surface area contributed by atoms with Gasteiger partial charge < -0.3 is 10.3 Å². The average molecular weight is 280 g/mol. The SMILES string of the molecule is NC(=O)c1cc2ncccc2n(Cc2ccccn2)c1=O. The monoisotopic (exact) mass is 280 g/mol. The van der Waals surface area contributed by atoms with Crippen molar-refractivity contribution < 1.29 is 4.79 Å². The van der Waals surface area contributed by atoms with E-state index in [9.17, 15) is 9.59 Å². The average Bonchev–Trinajstić information content (AvgIpc) is 2.50. The second-order valence-corrected chi connectivity index (χ2v) is 4.54. The maximum absolute atomic E-state index is 12.4. The lowest BCUT2D eigenvalue weighted by atomic mass is 10.2. The van der Waals surface area contributed by atoms with Crippen LogP contribution in [0.5, 0.6) is 0 Å². The molecule has 0 bridgehead atoms. The van der Waals surface area contributed by atoms with Crippen LogP contribution in [0.2, 0.25) is 0 Å². The number of primary amides is 1. The van der Waals surface area contributed by atoms with Crippen LogP contribution in [0.3, 0.4) is 0 Å². The van der Waals surface area contributed by atoms with Crippen molar-refractivity contribution in [3.8, 4) is 0 Å². The predicted molar refractivity (Wildman–Crippen MR) is 77.9 cm³/mol. The van der Waals surface area contributed by atoms with Gasteiger partial charge in [-0.2, -0.15) is 0 Å². The minimum absolute atomic E-state index is 0.0721. The first kappa shape index (κ1) is 13.0.